The van der Waals surface area contributed by atoms with Gasteiger partial charge in [-0.25, -0.2) is 34.3 Å². The Bertz CT molecular complexity index is 1440. The summed E-state index contributed by atoms with van der Waals surface area (Å²) < 4.78 is 16.2. The number of nitrogens with zero attached hydrogens (tertiary/aromatic N) is 7. The number of aryl methyl sites for hydroxylation is 2. The third-order valence-corrected chi connectivity index (χ3v) is 6.14. The minimum Gasteiger partial charge on any atom is -0.309 e. The largest absolute Gasteiger partial charge is 0.309 e. The molecule has 0 fully saturated rings. The lowest BCUT2D eigenvalue weighted by Gasteiger charge is -2.27. The summed E-state index contributed by atoms with van der Waals surface area (Å²) >= 11 is 0. The minimum atomic E-state index is -1.49. The molecular weight excluding hydrogens is 449 g/mol. The lowest BCUT2D eigenvalue weighted by Crippen LogP contribution is -2.49. The molecule has 4 aromatic heterocycles. The van der Waals surface area contributed by atoms with Crippen LogP contribution in [-0.2, 0) is 16.9 Å². The Hall–Kier alpha value is -3.86. The average Bonchev–Trinajstić information content (AvgIpc) is 3.32. The summed E-state index contributed by atoms with van der Waals surface area (Å²) in [5.41, 5.74) is 1.30. The number of fused-ring (bicyclic) bond motifs is 2. The second-order valence-corrected chi connectivity index (χ2v) is 9.36. The molecule has 0 unspecified atom stereocenters. The summed E-state index contributed by atoms with van der Waals surface area (Å²) in [6.45, 7) is 9.13. The quantitative estimate of drug-likeness (QED) is 0.436. The van der Waals surface area contributed by atoms with E-state index < -0.39 is 11.2 Å². The van der Waals surface area contributed by atoms with Crippen molar-refractivity contribution in [1.82, 2.24) is 39.8 Å². The Labute approximate surface area is 201 Å². The van der Waals surface area contributed by atoms with Gasteiger partial charge in [0, 0.05) is 42.8 Å². The van der Waals surface area contributed by atoms with Crippen LogP contribution in [0.25, 0.3) is 33.8 Å². The van der Waals surface area contributed by atoms with Crippen LogP contribution < -0.4 is 10.6 Å². The fourth-order valence-electron chi connectivity index (χ4n) is 4.17. The third kappa shape index (κ3) is 3.91. The SMILES string of the molecule is CCn1c(-c2cnc(C)nc2)nc2c(-c3cnc4c(c3)[C@](C)(NCC(C)(C)F)C(=O)N4)ncnc21. The Kier molecular flexibility index (Phi) is 5.32. The Morgan fingerprint density at radius 1 is 1.11 bits per heavy atom. The standard InChI is InChI=1S/C24H26FN9O/c1-6-34-20(15-9-26-13(2)27-10-15)32-18-17(29-12-30-21(18)34)14-7-16-19(28-8-14)33-22(35)24(16,5)31-11-23(3,4)25/h7-10,12,31H,6,11H2,1-5H3,(H,28,33,35)/t24-/m0/s1. The number of halogens is 1. The first-order valence-corrected chi connectivity index (χ1v) is 11.4. The monoisotopic (exact) mass is 475 g/mol. The molecule has 0 radical (unpaired) electrons. The van der Waals surface area contributed by atoms with Gasteiger partial charge in [-0.3, -0.25) is 10.1 Å². The number of pyridine rings is 1. The summed E-state index contributed by atoms with van der Waals surface area (Å²) in [4.78, 5) is 39.7. The minimum absolute atomic E-state index is 0.00122. The van der Waals surface area contributed by atoms with Crippen molar-refractivity contribution in [2.24, 2.45) is 0 Å². The topological polar surface area (TPSA) is 123 Å². The Balaban J connectivity index is 1.63. The highest BCUT2D eigenvalue weighted by atomic mass is 19.1. The number of nitrogens with one attached hydrogen (secondary N) is 2. The van der Waals surface area contributed by atoms with Gasteiger partial charge >= 0.3 is 0 Å². The van der Waals surface area contributed by atoms with Crippen molar-refractivity contribution in [2.45, 2.75) is 52.4 Å². The van der Waals surface area contributed by atoms with Crippen LogP contribution in [0, 0.1) is 6.92 Å². The van der Waals surface area contributed by atoms with Crippen LogP contribution in [0.4, 0.5) is 10.2 Å². The van der Waals surface area contributed by atoms with Gasteiger partial charge in [-0.05, 0) is 40.7 Å². The van der Waals surface area contributed by atoms with Crippen molar-refractivity contribution in [3.8, 4) is 22.6 Å². The molecule has 0 saturated carbocycles. The number of imidazole rings is 1. The fourth-order valence-corrected chi connectivity index (χ4v) is 4.17. The zero-order chi connectivity index (χ0) is 25.0. The van der Waals surface area contributed by atoms with Crippen molar-refractivity contribution >= 4 is 22.9 Å². The van der Waals surface area contributed by atoms with Crippen molar-refractivity contribution in [3.63, 3.8) is 0 Å². The number of alkyl halides is 1. The summed E-state index contributed by atoms with van der Waals surface area (Å²) in [5, 5.41) is 5.86. The fraction of sp³-hybridized carbons (Fsp3) is 0.375. The molecule has 4 aromatic rings. The van der Waals surface area contributed by atoms with E-state index in [-0.39, 0.29) is 12.5 Å². The maximum absolute atomic E-state index is 14.2. The highest BCUT2D eigenvalue weighted by Crippen LogP contribution is 2.38. The molecule has 1 atom stereocenters. The lowest BCUT2D eigenvalue weighted by atomic mass is 9.92. The average molecular weight is 476 g/mol. The summed E-state index contributed by atoms with van der Waals surface area (Å²) in [7, 11) is 0. The van der Waals surface area contributed by atoms with Crippen molar-refractivity contribution in [2.75, 3.05) is 11.9 Å². The van der Waals surface area contributed by atoms with Crippen LogP contribution in [0.3, 0.4) is 0 Å². The predicted octanol–water partition coefficient (Wildman–Crippen LogP) is 3.18. The van der Waals surface area contributed by atoms with E-state index in [2.05, 4.69) is 35.6 Å². The molecule has 0 aliphatic carbocycles. The summed E-state index contributed by atoms with van der Waals surface area (Å²) in [6, 6.07) is 1.85. The van der Waals surface area contributed by atoms with E-state index in [1.807, 2.05) is 24.5 Å². The number of rotatable bonds is 6. The zero-order valence-electron chi connectivity index (χ0n) is 20.2. The van der Waals surface area contributed by atoms with Gasteiger partial charge in [0.05, 0.1) is 5.56 Å². The first-order chi connectivity index (χ1) is 16.6. The molecule has 1 aliphatic rings. The van der Waals surface area contributed by atoms with Gasteiger partial charge in [0.2, 0.25) is 5.91 Å². The van der Waals surface area contributed by atoms with E-state index in [9.17, 15) is 9.18 Å². The smallest absolute Gasteiger partial charge is 0.250 e. The summed E-state index contributed by atoms with van der Waals surface area (Å²) in [6.07, 6.45) is 6.60. The van der Waals surface area contributed by atoms with Gasteiger partial charge < -0.3 is 9.88 Å². The van der Waals surface area contributed by atoms with Crippen LogP contribution in [0.1, 0.15) is 39.1 Å². The molecule has 0 saturated heterocycles. The van der Waals surface area contributed by atoms with E-state index in [1.165, 1.54) is 20.2 Å². The third-order valence-electron chi connectivity index (χ3n) is 6.14. The molecule has 35 heavy (non-hydrogen) atoms. The molecule has 180 valence electrons. The molecule has 0 spiro atoms. The second kappa shape index (κ2) is 8.12. The number of anilines is 1. The van der Waals surface area contributed by atoms with Gasteiger partial charge in [-0.15, -0.1) is 0 Å². The van der Waals surface area contributed by atoms with Gasteiger partial charge in [0.1, 0.15) is 46.2 Å². The molecule has 0 bridgehead atoms. The molecule has 5 rings (SSSR count). The van der Waals surface area contributed by atoms with E-state index in [0.717, 1.165) is 5.56 Å². The number of hydrogen-bond donors (Lipinski definition) is 2. The lowest BCUT2D eigenvalue weighted by molar-refractivity contribution is -0.121. The van der Waals surface area contributed by atoms with E-state index in [0.29, 0.717) is 52.0 Å². The first kappa shape index (κ1) is 22.9. The molecule has 2 N–H and O–H groups in total. The first-order valence-electron chi connectivity index (χ1n) is 11.4. The molecule has 10 nitrogen and oxygen atoms in total. The van der Waals surface area contributed by atoms with Crippen molar-refractivity contribution < 1.29 is 9.18 Å². The van der Waals surface area contributed by atoms with Crippen LogP contribution in [-0.4, -0.2) is 52.6 Å². The number of amides is 1. The van der Waals surface area contributed by atoms with Crippen LogP contribution in [0.2, 0.25) is 0 Å². The highest BCUT2D eigenvalue weighted by molar-refractivity contribution is 6.05. The van der Waals surface area contributed by atoms with Gasteiger partial charge in [0.25, 0.3) is 0 Å². The van der Waals surface area contributed by atoms with Gasteiger partial charge in [-0.1, -0.05) is 0 Å². The number of carbonyl (C=O) groups excluding carboxylic acids is 1. The molecule has 1 amide bonds. The van der Waals surface area contributed by atoms with Crippen molar-refractivity contribution in [3.05, 3.63) is 42.4 Å². The van der Waals surface area contributed by atoms with E-state index >= 15 is 0 Å². The number of aromatic nitrogens is 7. The highest BCUT2D eigenvalue weighted by Gasteiger charge is 2.44. The molecule has 5 heterocycles. The van der Waals surface area contributed by atoms with Crippen LogP contribution >= 0.6 is 0 Å². The molecule has 1 aliphatic heterocycles. The van der Waals surface area contributed by atoms with Gasteiger partial charge in [0.15, 0.2) is 5.65 Å². The molecular formula is C24H26FN9O. The second-order valence-electron chi connectivity index (χ2n) is 9.36. The van der Waals surface area contributed by atoms with Crippen LogP contribution in [0.15, 0.2) is 31.0 Å². The summed E-state index contributed by atoms with van der Waals surface area (Å²) in [5.74, 6) is 1.51. The van der Waals surface area contributed by atoms with E-state index in [1.54, 1.807) is 25.5 Å². The van der Waals surface area contributed by atoms with Crippen LogP contribution in [0.5, 0.6) is 0 Å². The molecule has 11 heteroatoms. The van der Waals surface area contributed by atoms with E-state index in [4.69, 9.17) is 4.98 Å². The Morgan fingerprint density at radius 3 is 2.51 bits per heavy atom. The van der Waals surface area contributed by atoms with Gasteiger partial charge in [-0.2, -0.15) is 0 Å². The molecule has 0 aromatic carbocycles. The maximum Gasteiger partial charge on any atom is 0.250 e. The number of carbonyl (C=O) groups is 1. The van der Waals surface area contributed by atoms with Crippen molar-refractivity contribution in [1.29, 1.82) is 0 Å². The zero-order valence-corrected chi connectivity index (χ0v) is 20.2. The Morgan fingerprint density at radius 2 is 1.83 bits per heavy atom. The number of hydrogen-bond acceptors (Lipinski definition) is 8. The maximum atomic E-state index is 14.2. The predicted molar refractivity (Wildman–Crippen MR) is 129 cm³/mol. The normalized spacial score (nSPS) is 17.6.